The summed E-state index contributed by atoms with van der Waals surface area (Å²) in [7, 11) is 0. The number of carbonyl (C=O) groups is 4. The van der Waals surface area contributed by atoms with E-state index in [2.05, 4.69) is 43.1 Å². The van der Waals surface area contributed by atoms with Gasteiger partial charge in [-0.2, -0.15) is 0 Å². The van der Waals surface area contributed by atoms with Gasteiger partial charge in [-0.1, -0.05) is 94.3 Å². The van der Waals surface area contributed by atoms with Crippen LogP contribution in [0.1, 0.15) is 88.0 Å². The van der Waals surface area contributed by atoms with Crippen molar-refractivity contribution in [3.05, 3.63) is 103 Å². The highest BCUT2D eigenvalue weighted by Gasteiger charge is 2.30. The van der Waals surface area contributed by atoms with Gasteiger partial charge in [-0.05, 0) is 36.1 Å². The molecule has 13 heteroatoms. The highest BCUT2D eigenvalue weighted by molar-refractivity contribution is 5.94. The van der Waals surface area contributed by atoms with Crippen LogP contribution in [0, 0.1) is 0 Å². The molecule has 6 N–H and O–H groups in total. The van der Waals surface area contributed by atoms with Gasteiger partial charge in [0.05, 0.1) is 12.7 Å². The van der Waals surface area contributed by atoms with Crippen molar-refractivity contribution >= 4 is 23.6 Å². The lowest BCUT2D eigenvalue weighted by Gasteiger charge is -2.26. The van der Waals surface area contributed by atoms with E-state index in [1.807, 2.05) is 41.1 Å². The lowest BCUT2D eigenvalue weighted by atomic mass is 10.0. The first kappa shape index (κ1) is 41.3. The Bertz CT molecular complexity index is 1660. The Hall–Kier alpha value is -5.46. The molecule has 4 rings (SSSR count). The molecule has 4 amide bonds. The molecule has 2 aromatic carbocycles. The van der Waals surface area contributed by atoms with E-state index >= 15 is 0 Å². The van der Waals surface area contributed by atoms with Crippen LogP contribution in [0.2, 0.25) is 0 Å². The summed E-state index contributed by atoms with van der Waals surface area (Å²) in [5.41, 5.74) is 2.19. The third kappa shape index (κ3) is 15.3. The third-order valence-electron chi connectivity index (χ3n) is 9.26. The van der Waals surface area contributed by atoms with E-state index in [9.17, 15) is 24.3 Å². The summed E-state index contributed by atoms with van der Waals surface area (Å²) in [5, 5.41) is 21.4. The summed E-state index contributed by atoms with van der Waals surface area (Å²) in [5.74, 6) is -1.59. The minimum atomic E-state index is -1.06. The van der Waals surface area contributed by atoms with Crippen molar-refractivity contribution in [1.29, 1.82) is 0 Å². The van der Waals surface area contributed by atoms with E-state index in [4.69, 9.17) is 0 Å². The highest BCUT2D eigenvalue weighted by atomic mass is 16.3. The molecule has 0 aliphatic carbocycles. The number of unbranched alkanes of at least 4 members (excludes halogenated alkanes) is 7. The lowest BCUT2D eigenvalue weighted by Crippen LogP contribution is -2.58. The maximum atomic E-state index is 14.1. The van der Waals surface area contributed by atoms with Gasteiger partial charge in [0.25, 0.3) is 0 Å². The van der Waals surface area contributed by atoms with Gasteiger partial charge in [0, 0.05) is 63.1 Å². The lowest BCUT2D eigenvalue weighted by molar-refractivity contribution is -0.133. The molecule has 0 saturated carbocycles. The largest absolute Gasteiger partial charge is 0.508 e. The average molecular weight is 741 g/mol. The van der Waals surface area contributed by atoms with Gasteiger partial charge in [-0.25, -0.2) is 9.97 Å². The zero-order chi connectivity index (χ0) is 38.4. The molecule has 290 valence electrons. The van der Waals surface area contributed by atoms with E-state index in [1.165, 1.54) is 44.1 Å². The predicted molar refractivity (Wildman–Crippen MR) is 207 cm³/mol. The molecule has 0 aliphatic heterocycles. The van der Waals surface area contributed by atoms with Gasteiger partial charge in [0.15, 0.2) is 0 Å². The van der Waals surface area contributed by atoms with Gasteiger partial charge >= 0.3 is 0 Å². The number of H-pyrrole nitrogens is 1. The number of imidazole rings is 2. The number of nitrogens with zero attached hydrogens (tertiary/aromatic N) is 3. The number of amides is 4. The Labute approximate surface area is 318 Å². The molecule has 0 bridgehead atoms. The van der Waals surface area contributed by atoms with Gasteiger partial charge in [-0.15, -0.1) is 0 Å². The number of phenolic OH excluding ortho intramolecular Hbond substituents is 1. The van der Waals surface area contributed by atoms with Gasteiger partial charge in [-0.3, -0.25) is 19.2 Å². The Morgan fingerprint density at radius 1 is 0.722 bits per heavy atom. The fraction of sp³-hybridized carbons (Fsp3) is 0.463. The van der Waals surface area contributed by atoms with Gasteiger partial charge in [0.2, 0.25) is 23.6 Å². The summed E-state index contributed by atoms with van der Waals surface area (Å²) < 4.78 is 1.91. The van der Waals surface area contributed by atoms with Crippen molar-refractivity contribution in [2.45, 2.75) is 115 Å². The first-order chi connectivity index (χ1) is 26.3. The van der Waals surface area contributed by atoms with Crippen LogP contribution in [0.5, 0.6) is 5.75 Å². The minimum absolute atomic E-state index is 0.0866. The normalized spacial score (nSPS) is 12.7. The molecule has 0 unspecified atom stereocenters. The fourth-order valence-electron chi connectivity index (χ4n) is 6.21. The minimum Gasteiger partial charge on any atom is -0.508 e. The van der Waals surface area contributed by atoms with E-state index in [0.717, 1.165) is 36.8 Å². The molecular formula is C41H56N8O5. The molecule has 4 aromatic rings. The van der Waals surface area contributed by atoms with Crippen molar-refractivity contribution in [2.24, 2.45) is 0 Å². The van der Waals surface area contributed by atoms with Crippen LogP contribution < -0.4 is 21.3 Å². The smallest absolute Gasteiger partial charge is 0.243 e. The Morgan fingerprint density at radius 2 is 1.35 bits per heavy atom. The zero-order valence-electron chi connectivity index (χ0n) is 31.3. The summed E-state index contributed by atoms with van der Waals surface area (Å²) in [6, 6.07) is 12.7. The summed E-state index contributed by atoms with van der Waals surface area (Å²) in [4.78, 5) is 65.9. The standard InChI is InChI=1S/C41H56N8O5/c1-2-3-4-5-6-7-8-12-16-38(51)46-37(27-33-28-43-29-45-33)41(54)48-36(25-31-14-10-9-11-15-31)40(53)47-35(26-32-17-19-34(50)20-18-32)39(52)44-21-13-23-49-24-22-42-30-49/h9-11,14-15,17-20,22,24,28-30,35-37,50H,2-8,12-13,16,21,23,25-27H2,1H3,(H,43,45)(H,44,52)(H,46,51)(H,47,53)(H,48,54)/t35-,36-,37-/m0/s1. The van der Waals surface area contributed by atoms with Crippen molar-refractivity contribution in [1.82, 2.24) is 40.8 Å². The van der Waals surface area contributed by atoms with Crippen LogP contribution in [0.3, 0.4) is 0 Å². The first-order valence-corrected chi connectivity index (χ1v) is 19.2. The van der Waals surface area contributed by atoms with E-state index in [1.54, 1.807) is 30.9 Å². The molecule has 2 heterocycles. The number of aryl methyl sites for hydroxylation is 1. The second kappa shape index (κ2) is 23.3. The van der Waals surface area contributed by atoms with E-state index < -0.39 is 29.9 Å². The second-order valence-corrected chi connectivity index (χ2v) is 13.8. The van der Waals surface area contributed by atoms with Crippen molar-refractivity contribution in [3.8, 4) is 5.75 Å². The molecule has 13 nitrogen and oxygen atoms in total. The SMILES string of the molecule is CCCCCCCCCCC(=O)N[C@@H](Cc1cnc[nH]1)C(=O)N[C@@H](Cc1ccccc1)C(=O)N[C@@H](Cc1ccc(O)cc1)C(=O)NCCCn1ccnc1. The molecule has 0 fully saturated rings. The third-order valence-corrected chi connectivity index (χ3v) is 9.26. The van der Waals surface area contributed by atoms with Crippen molar-refractivity contribution in [3.63, 3.8) is 0 Å². The maximum absolute atomic E-state index is 14.1. The molecule has 0 aliphatic rings. The number of aromatic hydroxyl groups is 1. The second-order valence-electron chi connectivity index (χ2n) is 13.8. The Morgan fingerprint density at radius 3 is 1.98 bits per heavy atom. The first-order valence-electron chi connectivity index (χ1n) is 19.2. The number of aromatic nitrogens is 4. The molecule has 2 aromatic heterocycles. The van der Waals surface area contributed by atoms with Crippen LogP contribution in [0.25, 0.3) is 0 Å². The number of rotatable bonds is 25. The number of carbonyl (C=O) groups excluding carboxylic acids is 4. The Balaban J connectivity index is 1.44. The molecule has 0 spiro atoms. The fourth-order valence-corrected chi connectivity index (χ4v) is 6.21. The monoisotopic (exact) mass is 740 g/mol. The van der Waals surface area contributed by atoms with Crippen molar-refractivity contribution in [2.75, 3.05) is 6.54 Å². The van der Waals surface area contributed by atoms with Crippen LogP contribution in [-0.4, -0.2) is 72.9 Å². The number of phenols is 1. The summed E-state index contributed by atoms with van der Waals surface area (Å²) in [6.07, 6.45) is 18.6. The topological polar surface area (TPSA) is 183 Å². The molecule has 3 atom stereocenters. The maximum Gasteiger partial charge on any atom is 0.243 e. The number of benzene rings is 2. The van der Waals surface area contributed by atoms with Crippen molar-refractivity contribution < 1.29 is 24.3 Å². The molecule has 54 heavy (non-hydrogen) atoms. The number of hydrogen-bond donors (Lipinski definition) is 6. The van der Waals surface area contributed by atoms with Crippen LogP contribution in [0.4, 0.5) is 0 Å². The number of nitrogens with one attached hydrogen (secondary N) is 5. The predicted octanol–water partition coefficient (Wildman–Crippen LogP) is 4.53. The molecule has 0 radical (unpaired) electrons. The Kier molecular flexibility index (Phi) is 17.8. The summed E-state index contributed by atoms with van der Waals surface area (Å²) >= 11 is 0. The van der Waals surface area contributed by atoms with Gasteiger partial charge in [0.1, 0.15) is 23.9 Å². The highest BCUT2D eigenvalue weighted by Crippen LogP contribution is 2.13. The van der Waals surface area contributed by atoms with E-state index in [0.29, 0.717) is 31.6 Å². The number of hydrogen-bond acceptors (Lipinski definition) is 7. The number of aromatic amines is 1. The van der Waals surface area contributed by atoms with Gasteiger partial charge < -0.3 is 35.9 Å². The zero-order valence-corrected chi connectivity index (χ0v) is 31.3. The van der Waals surface area contributed by atoms with E-state index in [-0.39, 0.29) is 36.8 Å². The van der Waals surface area contributed by atoms with Crippen LogP contribution in [0.15, 0.2) is 85.8 Å². The molecule has 0 saturated heterocycles. The molecular weight excluding hydrogens is 685 g/mol. The average Bonchev–Trinajstić information content (AvgIpc) is 3.90. The summed E-state index contributed by atoms with van der Waals surface area (Å²) in [6.45, 7) is 3.23. The van der Waals surface area contributed by atoms with Crippen LogP contribution >= 0.6 is 0 Å². The van der Waals surface area contributed by atoms with Crippen LogP contribution in [-0.2, 0) is 45.0 Å². The quantitative estimate of drug-likeness (QED) is 0.0540.